The van der Waals surface area contributed by atoms with Crippen LogP contribution in [-0.4, -0.2) is 0 Å². The van der Waals surface area contributed by atoms with Crippen molar-refractivity contribution in [1.82, 2.24) is 0 Å². The Balaban J connectivity index is 3.67. The highest BCUT2D eigenvalue weighted by atomic mass is 14.6. The zero-order chi connectivity index (χ0) is 9.56. The van der Waals surface area contributed by atoms with Crippen molar-refractivity contribution in [3.05, 3.63) is 24.9 Å². The van der Waals surface area contributed by atoms with Gasteiger partial charge in [0, 0.05) is 5.70 Å². The third kappa shape index (κ3) is 6.02. The minimum absolute atomic E-state index is 0.602. The van der Waals surface area contributed by atoms with E-state index in [1.165, 1.54) is 6.42 Å². The van der Waals surface area contributed by atoms with E-state index in [9.17, 15) is 0 Å². The van der Waals surface area contributed by atoms with Gasteiger partial charge in [0.05, 0.1) is 0 Å². The molecule has 0 amide bonds. The number of hydrogen-bond acceptors (Lipinski definition) is 1. The Morgan fingerprint density at radius 3 is 2.42 bits per heavy atom. The molecule has 1 unspecified atom stereocenters. The van der Waals surface area contributed by atoms with Crippen molar-refractivity contribution in [2.24, 2.45) is 17.6 Å². The minimum atomic E-state index is 0.602. The lowest BCUT2D eigenvalue weighted by Gasteiger charge is -2.14. The van der Waals surface area contributed by atoms with Gasteiger partial charge in [-0.2, -0.15) is 0 Å². The summed E-state index contributed by atoms with van der Waals surface area (Å²) in [6.07, 6.45) is 5.25. The van der Waals surface area contributed by atoms with Gasteiger partial charge in [0.25, 0.3) is 0 Å². The van der Waals surface area contributed by atoms with Crippen LogP contribution < -0.4 is 5.73 Å². The lowest BCUT2D eigenvalue weighted by atomic mass is 9.93. The SMILES string of the molecule is C=CC(CCC(=C)N)CC(C)C. The van der Waals surface area contributed by atoms with E-state index in [1.807, 2.05) is 6.08 Å². The monoisotopic (exact) mass is 167 g/mol. The van der Waals surface area contributed by atoms with Crippen molar-refractivity contribution in [2.75, 3.05) is 0 Å². The molecule has 1 heteroatoms. The van der Waals surface area contributed by atoms with Gasteiger partial charge in [0.2, 0.25) is 0 Å². The lowest BCUT2D eigenvalue weighted by molar-refractivity contribution is 0.451. The fourth-order valence-electron chi connectivity index (χ4n) is 1.31. The summed E-state index contributed by atoms with van der Waals surface area (Å²) < 4.78 is 0. The van der Waals surface area contributed by atoms with Crippen molar-refractivity contribution < 1.29 is 0 Å². The first-order valence-electron chi connectivity index (χ1n) is 4.62. The Morgan fingerprint density at radius 1 is 1.50 bits per heavy atom. The van der Waals surface area contributed by atoms with Crippen molar-refractivity contribution in [3.63, 3.8) is 0 Å². The predicted octanol–water partition coefficient (Wildman–Crippen LogP) is 3.09. The smallest absolute Gasteiger partial charge is 0.000765 e. The van der Waals surface area contributed by atoms with Crippen LogP contribution in [0.4, 0.5) is 0 Å². The maximum Gasteiger partial charge on any atom is 0.000765 e. The molecular weight excluding hydrogens is 146 g/mol. The highest BCUT2D eigenvalue weighted by Crippen LogP contribution is 2.18. The molecule has 0 saturated carbocycles. The molecule has 1 nitrogen and oxygen atoms in total. The van der Waals surface area contributed by atoms with Gasteiger partial charge in [-0.1, -0.05) is 26.5 Å². The molecule has 2 N–H and O–H groups in total. The van der Waals surface area contributed by atoms with E-state index in [-0.39, 0.29) is 0 Å². The maximum atomic E-state index is 5.50. The van der Waals surface area contributed by atoms with Gasteiger partial charge in [0.1, 0.15) is 0 Å². The molecule has 0 aromatic carbocycles. The van der Waals surface area contributed by atoms with Gasteiger partial charge < -0.3 is 5.73 Å². The molecule has 1 atom stereocenters. The topological polar surface area (TPSA) is 26.0 Å². The lowest BCUT2D eigenvalue weighted by Crippen LogP contribution is -2.04. The summed E-state index contributed by atoms with van der Waals surface area (Å²) in [6, 6.07) is 0. The number of rotatable bonds is 6. The largest absolute Gasteiger partial charge is 0.403 e. The van der Waals surface area contributed by atoms with Crippen molar-refractivity contribution in [2.45, 2.75) is 33.1 Å². The van der Waals surface area contributed by atoms with E-state index in [2.05, 4.69) is 27.0 Å². The maximum absolute atomic E-state index is 5.50. The molecule has 0 spiro atoms. The van der Waals surface area contributed by atoms with Crippen molar-refractivity contribution in [1.29, 1.82) is 0 Å². The average Bonchev–Trinajstić information content (AvgIpc) is 1.97. The van der Waals surface area contributed by atoms with E-state index in [1.54, 1.807) is 0 Å². The fraction of sp³-hybridized carbons (Fsp3) is 0.636. The summed E-state index contributed by atoms with van der Waals surface area (Å²) in [7, 11) is 0. The second kappa shape index (κ2) is 5.87. The predicted molar refractivity (Wildman–Crippen MR) is 55.7 cm³/mol. The molecule has 0 aliphatic heterocycles. The van der Waals surface area contributed by atoms with Gasteiger partial charge in [0.15, 0.2) is 0 Å². The van der Waals surface area contributed by atoms with E-state index in [4.69, 9.17) is 5.73 Å². The molecular formula is C11H21N. The molecule has 0 radical (unpaired) electrons. The Bertz CT molecular complexity index is 147. The second-order valence-corrected chi connectivity index (χ2v) is 3.82. The summed E-state index contributed by atoms with van der Waals surface area (Å²) in [5.41, 5.74) is 6.28. The summed E-state index contributed by atoms with van der Waals surface area (Å²) in [4.78, 5) is 0. The molecule has 0 saturated heterocycles. The van der Waals surface area contributed by atoms with Gasteiger partial charge in [-0.3, -0.25) is 0 Å². The van der Waals surface area contributed by atoms with Gasteiger partial charge >= 0.3 is 0 Å². The average molecular weight is 167 g/mol. The molecule has 0 aromatic heterocycles. The van der Waals surface area contributed by atoms with E-state index in [0.717, 1.165) is 24.5 Å². The number of hydrogen-bond donors (Lipinski definition) is 1. The summed E-state index contributed by atoms with van der Waals surface area (Å²) in [5, 5.41) is 0. The Labute approximate surface area is 76.3 Å². The fourth-order valence-corrected chi connectivity index (χ4v) is 1.31. The van der Waals surface area contributed by atoms with Crippen LogP contribution in [0, 0.1) is 11.8 Å². The van der Waals surface area contributed by atoms with Crippen LogP contribution in [0.1, 0.15) is 33.1 Å². The number of allylic oxidation sites excluding steroid dienone is 2. The molecule has 70 valence electrons. The third-order valence-electron chi connectivity index (χ3n) is 1.94. The van der Waals surface area contributed by atoms with Crippen LogP contribution >= 0.6 is 0 Å². The normalized spacial score (nSPS) is 12.9. The molecule has 0 heterocycles. The minimum Gasteiger partial charge on any atom is -0.403 e. The molecule has 0 aliphatic rings. The third-order valence-corrected chi connectivity index (χ3v) is 1.94. The van der Waals surface area contributed by atoms with E-state index in [0.29, 0.717) is 5.92 Å². The first-order chi connectivity index (χ1) is 5.56. The van der Waals surface area contributed by atoms with Gasteiger partial charge in [-0.05, 0) is 31.1 Å². The Morgan fingerprint density at radius 2 is 2.08 bits per heavy atom. The highest BCUT2D eigenvalue weighted by Gasteiger charge is 2.06. The van der Waals surface area contributed by atoms with Crippen LogP contribution in [0.15, 0.2) is 24.9 Å². The van der Waals surface area contributed by atoms with Crippen LogP contribution in [-0.2, 0) is 0 Å². The summed E-state index contributed by atoms with van der Waals surface area (Å²) in [5.74, 6) is 1.34. The zero-order valence-electron chi connectivity index (χ0n) is 8.34. The quantitative estimate of drug-likeness (QED) is 0.604. The summed E-state index contributed by atoms with van der Waals surface area (Å²) >= 11 is 0. The van der Waals surface area contributed by atoms with Crippen LogP contribution in [0.2, 0.25) is 0 Å². The van der Waals surface area contributed by atoms with E-state index >= 15 is 0 Å². The van der Waals surface area contributed by atoms with E-state index < -0.39 is 0 Å². The van der Waals surface area contributed by atoms with Crippen molar-refractivity contribution >= 4 is 0 Å². The molecule has 0 aromatic rings. The van der Waals surface area contributed by atoms with Crippen LogP contribution in [0.3, 0.4) is 0 Å². The van der Waals surface area contributed by atoms with Crippen molar-refractivity contribution in [3.8, 4) is 0 Å². The standard InChI is InChI=1S/C11H21N/c1-5-11(8-9(2)3)7-6-10(4)12/h5,9,11H,1,4,6-8,12H2,2-3H3. The molecule has 0 bridgehead atoms. The van der Waals surface area contributed by atoms with Gasteiger partial charge in [-0.15, -0.1) is 6.58 Å². The Kier molecular flexibility index (Phi) is 5.52. The van der Waals surface area contributed by atoms with Crippen LogP contribution in [0.5, 0.6) is 0 Å². The first kappa shape index (κ1) is 11.3. The first-order valence-corrected chi connectivity index (χ1v) is 4.62. The second-order valence-electron chi connectivity index (χ2n) is 3.82. The van der Waals surface area contributed by atoms with Crippen LogP contribution in [0.25, 0.3) is 0 Å². The Hall–Kier alpha value is -0.720. The molecule has 12 heavy (non-hydrogen) atoms. The number of nitrogens with two attached hydrogens (primary N) is 1. The molecule has 0 aliphatic carbocycles. The van der Waals surface area contributed by atoms with Gasteiger partial charge in [-0.25, -0.2) is 0 Å². The zero-order valence-corrected chi connectivity index (χ0v) is 8.34. The molecule has 0 rings (SSSR count). The highest BCUT2D eigenvalue weighted by molar-refractivity contribution is 4.89. The molecule has 0 fully saturated rings. The summed E-state index contributed by atoms with van der Waals surface area (Å²) in [6.45, 7) is 12.0.